The summed E-state index contributed by atoms with van der Waals surface area (Å²) in [6, 6.07) is 2.49. The van der Waals surface area contributed by atoms with Gasteiger partial charge in [0.25, 0.3) is 0 Å². The average molecular weight is 183 g/mol. The fourth-order valence-electron chi connectivity index (χ4n) is 1.94. The Morgan fingerprint density at radius 1 is 1.38 bits per heavy atom. The molecule has 1 aromatic carbocycles. The predicted octanol–water partition coefficient (Wildman–Crippen LogP) is 2.17. The summed E-state index contributed by atoms with van der Waals surface area (Å²) < 4.78 is 26.1. The van der Waals surface area contributed by atoms with Gasteiger partial charge < -0.3 is 5.32 Å². The quantitative estimate of drug-likeness (QED) is 0.703. The second-order valence-electron chi connectivity index (χ2n) is 3.34. The molecule has 13 heavy (non-hydrogen) atoms. The van der Waals surface area contributed by atoms with Gasteiger partial charge in [0.15, 0.2) is 0 Å². The molecule has 0 radical (unpaired) electrons. The number of rotatable bonds is 1. The Labute approximate surface area is 75.8 Å². The fourth-order valence-corrected chi connectivity index (χ4v) is 1.94. The van der Waals surface area contributed by atoms with Gasteiger partial charge in [-0.1, -0.05) is 0 Å². The molecule has 0 amide bonds. The van der Waals surface area contributed by atoms with E-state index in [1.165, 1.54) is 6.07 Å². The van der Waals surface area contributed by atoms with Crippen molar-refractivity contribution in [2.24, 2.45) is 0 Å². The van der Waals surface area contributed by atoms with Crippen molar-refractivity contribution in [3.8, 4) is 0 Å². The molecular weight excluding hydrogens is 172 g/mol. The average Bonchev–Trinajstić information content (AvgIpc) is 2.47. The van der Waals surface area contributed by atoms with Gasteiger partial charge in [-0.3, -0.25) is 0 Å². The summed E-state index contributed by atoms with van der Waals surface area (Å²) in [7, 11) is 1.81. The van der Waals surface area contributed by atoms with Crippen LogP contribution in [0.2, 0.25) is 0 Å². The fraction of sp³-hybridized carbons (Fsp3) is 0.400. The molecule has 1 aliphatic carbocycles. The maximum atomic E-state index is 13.2. The minimum atomic E-state index is -0.488. The SMILES string of the molecule is CN[C@@H]1CCc2c(F)cc(F)cc21. The lowest BCUT2D eigenvalue weighted by atomic mass is 10.1. The predicted molar refractivity (Wildman–Crippen MR) is 46.5 cm³/mol. The third kappa shape index (κ3) is 1.33. The van der Waals surface area contributed by atoms with E-state index in [0.717, 1.165) is 18.1 Å². The van der Waals surface area contributed by atoms with Gasteiger partial charge in [0.1, 0.15) is 11.6 Å². The molecule has 0 aliphatic heterocycles. The normalized spacial score (nSPS) is 20.4. The lowest BCUT2D eigenvalue weighted by Crippen LogP contribution is -2.13. The van der Waals surface area contributed by atoms with Crippen molar-refractivity contribution >= 4 is 0 Å². The van der Waals surface area contributed by atoms with Crippen LogP contribution in [0, 0.1) is 11.6 Å². The summed E-state index contributed by atoms with van der Waals surface area (Å²) in [5.41, 5.74) is 1.45. The van der Waals surface area contributed by atoms with E-state index >= 15 is 0 Å². The molecule has 0 aromatic heterocycles. The highest BCUT2D eigenvalue weighted by atomic mass is 19.1. The molecular formula is C10H11F2N. The monoisotopic (exact) mass is 183 g/mol. The van der Waals surface area contributed by atoms with Crippen molar-refractivity contribution in [2.45, 2.75) is 18.9 Å². The van der Waals surface area contributed by atoms with Crippen molar-refractivity contribution in [1.29, 1.82) is 0 Å². The summed E-state index contributed by atoms with van der Waals surface area (Å²) in [6.07, 6.45) is 1.55. The molecule has 0 heterocycles. The number of halogens is 2. The molecule has 0 saturated carbocycles. The zero-order valence-corrected chi connectivity index (χ0v) is 7.40. The molecule has 3 heteroatoms. The first-order chi connectivity index (χ1) is 6.22. The van der Waals surface area contributed by atoms with Gasteiger partial charge in [-0.15, -0.1) is 0 Å². The maximum absolute atomic E-state index is 13.2. The first kappa shape index (κ1) is 8.63. The van der Waals surface area contributed by atoms with Crippen molar-refractivity contribution in [2.75, 3.05) is 7.05 Å². The highest BCUT2D eigenvalue weighted by Gasteiger charge is 2.24. The van der Waals surface area contributed by atoms with Crippen LogP contribution in [0.4, 0.5) is 8.78 Å². The molecule has 1 nitrogen and oxygen atoms in total. The number of hydrogen-bond acceptors (Lipinski definition) is 1. The second-order valence-corrected chi connectivity index (χ2v) is 3.34. The van der Waals surface area contributed by atoms with Crippen LogP contribution < -0.4 is 5.32 Å². The van der Waals surface area contributed by atoms with Crippen LogP contribution in [0.15, 0.2) is 12.1 Å². The molecule has 0 bridgehead atoms. The molecule has 1 aliphatic rings. The molecule has 1 N–H and O–H groups in total. The Bertz CT molecular complexity index is 336. The van der Waals surface area contributed by atoms with Gasteiger partial charge in [0.05, 0.1) is 0 Å². The zero-order valence-electron chi connectivity index (χ0n) is 7.40. The largest absolute Gasteiger partial charge is 0.313 e. The smallest absolute Gasteiger partial charge is 0.129 e. The lowest BCUT2D eigenvalue weighted by Gasteiger charge is -2.09. The van der Waals surface area contributed by atoms with Crippen LogP contribution in [0.1, 0.15) is 23.6 Å². The van der Waals surface area contributed by atoms with Crippen LogP contribution in [-0.2, 0) is 6.42 Å². The van der Waals surface area contributed by atoms with E-state index < -0.39 is 11.6 Å². The van der Waals surface area contributed by atoms with Crippen LogP contribution >= 0.6 is 0 Å². The van der Waals surface area contributed by atoms with E-state index in [-0.39, 0.29) is 6.04 Å². The Morgan fingerprint density at radius 2 is 2.15 bits per heavy atom. The van der Waals surface area contributed by atoms with Gasteiger partial charge in [-0.2, -0.15) is 0 Å². The van der Waals surface area contributed by atoms with Crippen LogP contribution in [0.5, 0.6) is 0 Å². The topological polar surface area (TPSA) is 12.0 Å². The molecule has 0 fully saturated rings. The summed E-state index contributed by atoms with van der Waals surface area (Å²) in [4.78, 5) is 0. The third-order valence-corrected chi connectivity index (χ3v) is 2.60. The van der Waals surface area contributed by atoms with Gasteiger partial charge in [0, 0.05) is 12.1 Å². The van der Waals surface area contributed by atoms with E-state index in [4.69, 9.17) is 0 Å². The summed E-state index contributed by atoms with van der Waals surface area (Å²) in [5, 5.41) is 3.04. The van der Waals surface area contributed by atoms with Crippen LogP contribution in [0.25, 0.3) is 0 Å². The number of nitrogens with one attached hydrogen (secondary N) is 1. The first-order valence-corrected chi connectivity index (χ1v) is 4.37. The Balaban J connectivity index is 2.51. The van der Waals surface area contributed by atoms with Gasteiger partial charge >= 0.3 is 0 Å². The highest BCUT2D eigenvalue weighted by molar-refractivity contribution is 5.36. The van der Waals surface area contributed by atoms with E-state index in [9.17, 15) is 8.78 Å². The third-order valence-electron chi connectivity index (χ3n) is 2.60. The van der Waals surface area contributed by atoms with E-state index in [1.54, 1.807) is 0 Å². The Kier molecular flexibility index (Phi) is 2.04. The standard InChI is InChI=1S/C10H11F2N/c1-13-10-3-2-7-8(10)4-6(11)5-9(7)12/h4-5,10,13H,2-3H2,1H3/t10-/m1/s1. The van der Waals surface area contributed by atoms with Gasteiger partial charge in [-0.25, -0.2) is 8.78 Å². The molecule has 70 valence electrons. The number of hydrogen-bond donors (Lipinski definition) is 1. The van der Waals surface area contributed by atoms with Crippen molar-refractivity contribution in [3.05, 3.63) is 34.9 Å². The van der Waals surface area contributed by atoms with E-state index in [1.807, 2.05) is 7.05 Å². The first-order valence-electron chi connectivity index (χ1n) is 4.37. The van der Waals surface area contributed by atoms with E-state index in [2.05, 4.69) is 5.32 Å². The minimum absolute atomic E-state index is 0.111. The second kappa shape index (κ2) is 3.07. The molecule has 0 spiro atoms. The van der Waals surface area contributed by atoms with E-state index in [0.29, 0.717) is 12.0 Å². The number of benzene rings is 1. The molecule has 0 saturated heterocycles. The zero-order chi connectivity index (χ0) is 9.42. The summed E-state index contributed by atoms with van der Waals surface area (Å²) in [6.45, 7) is 0. The van der Waals surface area contributed by atoms with Crippen molar-refractivity contribution in [3.63, 3.8) is 0 Å². The molecule has 1 aromatic rings. The number of fused-ring (bicyclic) bond motifs is 1. The Hall–Kier alpha value is -0.960. The van der Waals surface area contributed by atoms with Gasteiger partial charge in [-0.05, 0) is 37.1 Å². The maximum Gasteiger partial charge on any atom is 0.129 e. The van der Waals surface area contributed by atoms with Crippen molar-refractivity contribution in [1.82, 2.24) is 5.32 Å². The van der Waals surface area contributed by atoms with Crippen LogP contribution in [-0.4, -0.2) is 7.05 Å². The van der Waals surface area contributed by atoms with Crippen LogP contribution in [0.3, 0.4) is 0 Å². The lowest BCUT2D eigenvalue weighted by molar-refractivity contribution is 0.569. The summed E-state index contributed by atoms with van der Waals surface area (Å²) >= 11 is 0. The van der Waals surface area contributed by atoms with Crippen molar-refractivity contribution < 1.29 is 8.78 Å². The molecule has 0 unspecified atom stereocenters. The highest BCUT2D eigenvalue weighted by Crippen LogP contribution is 2.32. The molecule has 2 rings (SSSR count). The Morgan fingerprint density at radius 3 is 2.85 bits per heavy atom. The van der Waals surface area contributed by atoms with Gasteiger partial charge in [0.2, 0.25) is 0 Å². The minimum Gasteiger partial charge on any atom is -0.313 e. The molecule has 1 atom stereocenters. The summed E-state index contributed by atoms with van der Waals surface area (Å²) in [5.74, 6) is -0.897.